The Kier molecular flexibility index (Phi) is 7.34. The summed E-state index contributed by atoms with van der Waals surface area (Å²) in [6.07, 6.45) is 3.91. The predicted molar refractivity (Wildman–Crippen MR) is 68.0 cm³/mol. The number of rotatable bonds is 9. The lowest BCUT2D eigenvalue weighted by atomic mass is 9.96. The van der Waals surface area contributed by atoms with E-state index in [1.807, 2.05) is 0 Å². The molecule has 0 saturated carbocycles. The maximum Gasteiger partial charge on any atom is 0.237 e. The highest BCUT2D eigenvalue weighted by atomic mass is 16.1. The first-order valence-electron chi connectivity index (χ1n) is 6.25. The van der Waals surface area contributed by atoms with Gasteiger partial charge in [-0.15, -0.1) is 0 Å². The molecule has 0 heterocycles. The van der Waals surface area contributed by atoms with Crippen molar-refractivity contribution in [3.8, 4) is 0 Å². The minimum Gasteiger partial charge on any atom is -0.368 e. The van der Waals surface area contributed by atoms with Crippen molar-refractivity contribution in [1.82, 2.24) is 4.90 Å². The number of primary amides is 1. The first kappa shape index (κ1) is 15.4. The van der Waals surface area contributed by atoms with Crippen LogP contribution in [0.3, 0.4) is 0 Å². The third kappa shape index (κ3) is 6.08. The molecule has 0 rings (SSSR count). The van der Waals surface area contributed by atoms with E-state index in [1.165, 1.54) is 0 Å². The lowest BCUT2D eigenvalue weighted by Crippen LogP contribution is -2.49. The summed E-state index contributed by atoms with van der Waals surface area (Å²) >= 11 is 0. The van der Waals surface area contributed by atoms with Crippen molar-refractivity contribution < 1.29 is 4.79 Å². The van der Waals surface area contributed by atoms with Crippen LogP contribution < -0.4 is 11.5 Å². The molecule has 0 aliphatic carbocycles. The number of hydrogen-bond acceptors (Lipinski definition) is 3. The van der Waals surface area contributed by atoms with Crippen LogP contribution >= 0.6 is 0 Å². The molecule has 0 aromatic rings. The molecule has 0 spiro atoms. The highest BCUT2D eigenvalue weighted by Crippen LogP contribution is 2.09. The van der Waals surface area contributed by atoms with Crippen LogP contribution in [0.2, 0.25) is 0 Å². The van der Waals surface area contributed by atoms with Crippen molar-refractivity contribution in [2.75, 3.05) is 19.6 Å². The van der Waals surface area contributed by atoms with Gasteiger partial charge in [0.2, 0.25) is 5.91 Å². The summed E-state index contributed by atoms with van der Waals surface area (Å²) in [6.45, 7) is 9.30. The molecule has 0 bridgehead atoms. The molecule has 0 saturated heterocycles. The maximum absolute atomic E-state index is 11.0. The molecule has 4 N–H and O–H groups in total. The summed E-state index contributed by atoms with van der Waals surface area (Å²) in [5.74, 6) is -0.412. The molecule has 16 heavy (non-hydrogen) atoms. The summed E-state index contributed by atoms with van der Waals surface area (Å²) in [5, 5.41) is 0. The molecular weight excluding hydrogens is 202 g/mol. The molecule has 0 radical (unpaired) electrons. The van der Waals surface area contributed by atoms with Gasteiger partial charge in [-0.1, -0.05) is 13.8 Å². The number of amides is 1. The summed E-state index contributed by atoms with van der Waals surface area (Å²) < 4.78 is 0. The summed E-state index contributed by atoms with van der Waals surface area (Å²) in [4.78, 5) is 13.4. The second-order valence-corrected chi connectivity index (χ2v) is 4.73. The van der Waals surface area contributed by atoms with Crippen molar-refractivity contribution in [3.05, 3.63) is 0 Å². The first-order valence-corrected chi connectivity index (χ1v) is 6.25. The fourth-order valence-electron chi connectivity index (χ4n) is 1.76. The van der Waals surface area contributed by atoms with Gasteiger partial charge in [0.25, 0.3) is 0 Å². The van der Waals surface area contributed by atoms with Crippen LogP contribution in [-0.4, -0.2) is 36.0 Å². The van der Waals surface area contributed by atoms with Crippen LogP contribution in [0.5, 0.6) is 0 Å². The number of carbonyl (C=O) groups excluding carboxylic acids is 1. The van der Waals surface area contributed by atoms with Crippen molar-refractivity contribution in [1.29, 1.82) is 0 Å². The third-order valence-electron chi connectivity index (χ3n) is 2.81. The monoisotopic (exact) mass is 229 g/mol. The minimum absolute atomic E-state index is 0.412. The maximum atomic E-state index is 11.0. The van der Waals surface area contributed by atoms with Crippen LogP contribution in [0.4, 0.5) is 0 Å². The smallest absolute Gasteiger partial charge is 0.237 e. The van der Waals surface area contributed by atoms with Crippen LogP contribution in [0.1, 0.15) is 46.5 Å². The zero-order valence-corrected chi connectivity index (χ0v) is 11.0. The van der Waals surface area contributed by atoms with Gasteiger partial charge in [-0.2, -0.15) is 0 Å². The van der Waals surface area contributed by atoms with Crippen LogP contribution in [0.15, 0.2) is 0 Å². The Bertz CT molecular complexity index is 198. The van der Waals surface area contributed by atoms with E-state index in [9.17, 15) is 4.79 Å². The average molecular weight is 229 g/mol. The third-order valence-corrected chi connectivity index (χ3v) is 2.81. The Morgan fingerprint density at radius 2 is 1.69 bits per heavy atom. The number of hydrogen-bond donors (Lipinski definition) is 2. The topological polar surface area (TPSA) is 72.3 Å². The van der Waals surface area contributed by atoms with Gasteiger partial charge in [0.15, 0.2) is 0 Å². The summed E-state index contributed by atoms with van der Waals surface area (Å²) in [7, 11) is 0. The molecule has 0 aromatic carbocycles. The second kappa shape index (κ2) is 7.63. The molecule has 0 fully saturated rings. The van der Waals surface area contributed by atoms with E-state index >= 15 is 0 Å². The molecule has 1 amide bonds. The Morgan fingerprint density at radius 3 is 2.06 bits per heavy atom. The normalized spacial score (nSPS) is 15.1. The highest BCUT2D eigenvalue weighted by molar-refractivity contribution is 5.83. The minimum atomic E-state index is -0.857. The van der Waals surface area contributed by atoms with Crippen molar-refractivity contribution in [2.24, 2.45) is 11.5 Å². The first-order chi connectivity index (χ1) is 7.44. The van der Waals surface area contributed by atoms with Crippen molar-refractivity contribution in [2.45, 2.75) is 52.0 Å². The molecule has 4 nitrogen and oxygen atoms in total. The Balaban J connectivity index is 3.88. The van der Waals surface area contributed by atoms with Gasteiger partial charge in [-0.3, -0.25) is 4.79 Å². The van der Waals surface area contributed by atoms with Gasteiger partial charge in [0, 0.05) is 0 Å². The SMILES string of the molecule is CCCN(CCC)CCCC(C)(N)C(N)=O. The van der Waals surface area contributed by atoms with E-state index < -0.39 is 11.4 Å². The molecule has 0 aliphatic rings. The summed E-state index contributed by atoms with van der Waals surface area (Å²) in [5.41, 5.74) is 10.2. The largest absolute Gasteiger partial charge is 0.368 e. The predicted octanol–water partition coefficient (Wildman–Crippen LogP) is 1.09. The number of nitrogens with zero attached hydrogens (tertiary/aromatic N) is 1. The Labute approximate surface area is 99.4 Å². The van der Waals surface area contributed by atoms with E-state index in [0.717, 1.165) is 38.9 Å². The highest BCUT2D eigenvalue weighted by Gasteiger charge is 2.24. The molecule has 1 unspecified atom stereocenters. The van der Waals surface area contributed by atoms with E-state index in [1.54, 1.807) is 6.92 Å². The molecule has 4 heteroatoms. The van der Waals surface area contributed by atoms with Crippen LogP contribution in [0, 0.1) is 0 Å². The van der Waals surface area contributed by atoms with E-state index in [4.69, 9.17) is 11.5 Å². The molecule has 0 aliphatic heterocycles. The van der Waals surface area contributed by atoms with Crippen molar-refractivity contribution >= 4 is 5.91 Å². The fraction of sp³-hybridized carbons (Fsp3) is 0.917. The molecule has 1 atom stereocenters. The Hall–Kier alpha value is -0.610. The number of carbonyl (C=O) groups is 1. The molecular formula is C12H27N3O. The number of nitrogens with two attached hydrogens (primary N) is 2. The molecule has 0 aromatic heterocycles. The lowest BCUT2D eigenvalue weighted by Gasteiger charge is -2.24. The van der Waals surface area contributed by atoms with E-state index in [2.05, 4.69) is 18.7 Å². The second-order valence-electron chi connectivity index (χ2n) is 4.73. The average Bonchev–Trinajstić information content (AvgIpc) is 2.17. The quantitative estimate of drug-likeness (QED) is 0.621. The van der Waals surface area contributed by atoms with Crippen LogP contribution in [-0.2, 0) is 4.79 Å². The Morgan fingerprint density at radius 1 is 1.19 bits per heavy atom. The van der Waals surface area contributed by atoms with Gasteiger partial charge in [-0.05, 0) is 52.2 Å². The van der Waals surface area contributed by atoms with Gasteiger partial charge >= 0.3 is 0 Å². The fourth-order valence-corrected chi connectivity index (χ4v) is 1.76. The van der Waals surface area contributed by atoms with Gasteiger partial charge in [-0.25, -0.2) is 0 Å². The van der Waals surface area contributed by atoms with E-state index in [0.29, 0.717) is 6.42 Å². The van der Waals surface area contributed by atoms with Gasteiger partial charge in [0.05, 0.1) is 5.54 Å². The van der Waals surface area contributed by atoms with Gasteiger partial charge < -0.3 is 16.4 Å². The summed E-state index contributed by atoms with van der Waals surface area (Å²) in [6, 6.07) is 0. The van der Waals surface area contributed by atoms with E-state index in [-0.39, 0.29) is 0 Å². The zero-order valence-electron chi connectivity index (χ0n) is 11.0. The lowest BCUT2D eigenvalue weighted by molar-refractivity contribution is -0.122. The van der Waals surface area contributed by atoms with Crippen LogP contribution in [0.25, 0.3) is 0 Å². The molecule has 96 valence electrons. The van der Waals surface area contributed by atoms with Crippen molar-refractivity contribution in [3.63, 3.8) is 0 Å². The zero-order chi connectivity index (χ0) is 12.6. The van der Waals surface area contributed by atoms with Gasteiger partial charge in [0.1, 0.15) is 0 Å². The standard InChI is InChI=1S/C12H27N3O/c1-4-8-15(9-5-2)10-6-7-12(3,14)11(13)16/h4-10,14H2,1-3H3,(H2,13,16).